The highest BCUT2D eigenvalue weighted by molar-refractivity contribution is 7.99. The van der Waals surface area contributed by atoms with Gasteiger partial charge in [-0.25, -0.2) is 0 Å². The Morgan fingerprint density at radius 2 is 1.67 bits per heavy atom. The zero-order chi connectivity index (χ0) is 21.9. The molecule has 4 nitrogen and oxygen atoms in total. The quantitative estimate of drug-likeness (QED) is 0.575. The standard InChI is InChI=1S/C25H34N2O2S/c1-5-23(25(29)26-6-2)27(13-12-21-10-8-7-9-11-21)24(28)18-30-17-22-15-19(3)14-20(4)16-22/h7-11,14-16,23H,5-6,12-13,17-18H2,1-4H3,(H,26,29). The summed E-state index contributed by atoms with van der Waals surface area (Å²) in [6.45, 7) is 9.16. The summed E-state index contributed by atoms with van der Waals surface area (Å²) in [5.41, 5.74) is 4.88. The van der Waals surface area contributed by atoms with E-state index in [4.69, 9.17) is 0 Å². The second-order valence-electron chi connectivity index (χ2n) is 7.63. The summed E-state index contributed by atoms with van der Waals surface area (Å²) in [7, 11) is 0. The van der Waals surface area contributed by atoms with Gasteiger partial charge >= 0.3 is 0 Å². The molecule has 2 aromatic carbocycles. The van der Waals surface area contributed by atoms with Crippen LogP contribution in [-0.4, -0.2) is 41.6 Å². The Labute approximate surface area is 185 Å². The van der Waals surface area contributed by atoms with Gasteiger partial charge in [-0.3, -0.25) is 9.59 Å². The summed E-state index contributed by atoms with van der Waals surface area (Å²) in [5.74, 6) is 1.12. The summed E-state index contributed by atoms with van der Waals surface area (Å²) >= 11 is 1.61. The highest BCUT2D eigenvalue weighted by Gasteiger charge is 2.27. The first-order chi connectivity index (χ1) is 14.4. The molecule has 1 unspecified atom stereocenters. The number of carbonyl (C=O) groups excluding carboxylic acids is 2. The van der Waals surface area contributed by atoms with E-state index in [0.717, 1.165) is 12.2 Å². The molecule has 2 rings (SSSR count). The van der Waals surface area contributed by atoms with E-state index in [1.54, 1.807) is 16.7 Å². The maximum absolute atomic E-state index is 13.1. The van der Waals surface area contributed by atoms with Crippen LogP contribution >= 0.6 is 11.8 Å². The lowest BCUT2D eigenvalue weighted by atomic mass is 10.1. The lowest BCUT2D eigenvalue weighted by Gasteiger charge is -2.30. The van der Waals surface area contributed by atoms with Gasteiger partial charge in [0.2, 0.25) is 11.8 Å². The number of thioether (sulfide) groups is 1. The molecule has 0 bridgehead atoms. The van der Waals surface area contributed by atoms with E-state index in [9.17, 15) is 9.59 Å². The number of benzene rings is 2. The van der Waals surface area contributed by atoms with Crippen LogP contribution in [0.3, 0.4) is 0 Å². The van der Waals surface area contributed by atoms with E-state index in [-0.39, 0.29) is 11.8 Å². The van der Waals surface area contributed by atoms with Gasteiger partial charge in [-0.15, -0.1) is 11.8 Å². The lowest BCUT2D eigenvalue weighted by molar-refractivity contribution is -0.138. The van der Waals surface area contributed by atoms with E-state index in [2.05, 4.69) is 49.5 Å². The van der Waals surface area contributed by atoms with Gasteiger partial charge in [0.15, 0.2) is 0 Å². The fourth-order valence-corrected chi connectivity index (χ4v) is 4.52. The minimum Gasteiger partial charge on any atom is -0.355 e. The van der Waals surface area contributed by atoms with Crippen LogP contribution in [0.1, 0.15) is 42.5 Å². The van der Waals surface area contributed by atoms with Gasteiger partial charge in [0.05, 0.1) is 5.75 Å². The maximum Gasteiger partial charge on any atom is 0.242 e. The fourth-order valence-electron chi connectivity index (χ4n) is 3.68. The molecule has 2 aromatic rings. The van der Waals surface area contributed by atoms with Crippen LogP contribution in [0.2, 0.25) is 0 Å². The van der Waals surface area contributed by atoms with Crippen molar-refractivity contribution >= 4 is 23.6 Å². The van der Waals surface area contributed by atoms with Crippen LogP contribution in [0, 0.1) is 13.8 Å². The molecule has 0 aliphatic carbocycles. The van der Waals surface area contributed by atoms with Crippen LogP contribution in [0.4, 0.5) is 0 Å². The van der Waals surface area contributed by atoms with Gasteiger partial charge < -0.3 is 10.2 Å². The highest BCUT2D eigenvalue weighted by atomic mass is 32.2. The number of hydrogen-bond donors (Lipinski definition) is 1. The van der Waals surface area contributed by atoms with Crippen molar-refractivity contribution in [3.63, 3.8) is 0 Å². The maximum atomic E-state index is 13.1. The van der Waals surface area contributed by atoms with E-state index in [1.165, 1.54) is 22.3 Å². The van der Waals surface area contributed by atoms with Crippen LogP contribution < -0.4 is 5.32 Å². The molecule has 30 heavy (non-hydrogen) atoms. The number of carbonyl (C=O) groups is 2. The monoisotopic (exact) mass is 426 g/mol. The number of rotatable bonds is 11. The second kappa shape index (κ2) is 12.4. The Kier molecular flexibility index (Phi) is 9.95. The zero-order valence-electron chi connectivity index (χ0n) is 18.6. The third kappa shape index (κ3) is 7.52. The third-order valence-corrected chi connectivity index (χ3v) is 5.99. The molecule has 2 amide bonds. The van der Waals surface area contributed by atoms with Crippen molar-refractivity contribution in [3.8, 4) is 0 Å². The van der Waals surface area contributed by atoms with E-state index in [0.29, 0.717) is 25.3 Å². The van der Waals surface area contributed by atoms with Crippen molar-refractivity contribution in [1.29, 1.82) is 0 Å². The Bertz CT molecular complexity index is 803. The molecule has 1 N–H and O–H groups in total. The largest absolute Gasteiger partial charge is 0.355 e. The number of nitrogens with one attached hydrogen (secondary N) is 1. The van der Waals surface area contributed by atoms with Crippen molar-refractivity contribution in [2.75, 3.05) is 18.8 Å². The summed E-state index contributed by atoms with van der Waals surface area (Å²) in [5, 5.41) is 2.88. The first kappa shape index (κ1) is 24.0. The molecule has 0 fully saturated rings. The number of hydrogen-bond acceptors (Lipinski definition) is 3. The average Bonchev–Trinajstić information content (AvgIpc) is 2.71. The molecule has 0 spiro atoms. The first-order valence-electron chi connectivity index (χ1n) is 10.7. The zero-order valence-corrected chi connectivity index (χ0v) is 19.4. The fraction of sp³-hybridized carbons (Fsp3) is 0.440. The Hall–Kier alpha value is -2.27. The van der Waals surface area contributed by atoms with Gasteiger partial charge in [0, 0.05) is 18.8 Å². The molecule has 0 radical (unpaired) electrons. The van der Waals surface area contributed by atoms with Crippen molar-refractivity contribution in [2.45, 2.75) is 52.3 Å². The summed E-state index contributed by atoms with van der Waals surface area (Å²) in [4.78, 5) is 27.5. The van der Waals surface area contributed by atoms with Crippen molar-refractivity contribution in [2.24, 2.45) is 0 Å². The number of nitrogens with zero attached hydrogens (tertiary/aromatic N) is 1. The van der Waals surface area contributed by atoms with Gasteiger partial charge in [-0.2, -0.15) is 0 Å². The molecule has 0 aliphatic rings. The van der Waals surface area contributed by atoms with Crippen LogP contribution in [0.5, 0.6) is 0 Å². The van der Waals surface area contributed by atoms with Crippen LogP contribution in [0.15, 0.2) is 48.5 Å². The van der Waals surface area contributed by atoms with E-state index in [1.807, 2.05) is 32.0 Å². The van der Waals surface area contributed by atoms with Gasteiger partial charge in [0.25, 0.3) is 0 Å². The molecule has 162 valence electrons. The topological polar surface area (TPSA) is 49.4 Å². The predicted molar refractivity (Wildman–Crippen MR) is 127 cm³/mol. The van der Waals surface area contributed by atoms with E-state index < -0.39 is 6.04 Å². The molecule has 0 heterocycles. The molecular formula is C25H34N2O2S. The molecule has 0 saturated heterocycles. The summed E-state index contributed by atoms with van der Waals surface area (Å²) < 4.78 is 0. The smallest absolute Gasteiger partial charge is 0.242 e. The van der Waals surface area contributed by atoms with Crippen molar-refractivity contribution < 1.29 is 9.59 Å². The van der Waals surface area contributed by atoms with Gasteiger partial charge in [-0.1, -0.05) is 66.6 Å². The molecule has 1 atom stereocenters. The summed E-state index contributed by atoms with van der Waals surface area (Å²) in [6, 6.07) is 16.2. The Balaban J connectivity index is 2.04. The van der Waals surface area contributed by atoms with E-state index >= 15 is 0 Å². The van der Waals surface area contributed by atoms with Gasteiger partial charge in [0.1, 0.15) is 6.04 Å². The molecular weight excluding hydrogens is 392 g/mol. The normalized spacial score (nSPS) is 11.7. The lowest BCUT2D eigenvalue weighted by Crippen LogP contribution is -2.50. The van der Waals surface area contributed by atoms with Crippen LogP contribution in [0.25, 0.3) is 0 Å². The predicted octanol–water partition coefficient (Wildman–Crippen LogP) is 4.52. The second-order valence-corrected chi connectivity index (χ2v) is 8.62. The third-order valence-electron chi connectivity index (χ3n) is 5.00. The SMILES string of the molecule is CCNC(=O)C(CC)N(CCc1ccccc1)C(=O)CSCc1cc(C)cc(C)c1. The van der Waals surface area contributed by atoms with Crippen molar-refractivity contribution in [1.82, 2.24) is 10.2 Å². The highest BCUT2D eigenvalue weighted by Crippen LogP contribution is 2.18. The molecule has 0 aromatic heterocycles. The number of aryl methyl sites for hydroxylation is 2. The average molecular weight is 427 g/mol. The molecule has 5 heteroatoms. The minimum absolute atomic E-state index is 0.0263. The van der Waals surface area contributed by atoms with Gasteiger partial charge in [-0.05, 0) is 44.7 Å². The minimum atomic E-state index is -0.428. The van der Waals surface area contributed by atoms with Crippen molar-refractivity contribution in [3.05, 3.63) is 70.8 Å². The molecule has 0 aliphatic heterocycles. The number of amides is 2. The van der Waals surface area contributed by atoms with Crippen LogP contribution in [-0.2, 0) is 21.8 Å². The Morgan fingerprint density at radius 1 is 1.00 bits per heavy atom. The Morgan fingerprint density at radius 3 is 2.27 bits per heavy atom. The summed E-state index contributed by atoms with van der Waals surface area (Å²) in [6.07, 6.45) is 1.35. The number of likely N-dealkylation sites (N-methyl/N-ethyl adjacent to an activating group) is 1. The first-order valence-corrected chi connectivity index (χ1v) is 11.9. The molecule has 0 saturated carbocycles.